The third-order valence-corrected chi connectivity index (χ3v) is 9.15. The molecule has 0 aromatic heterocycles. The minimum absolute atomic E-state index is 0.203. The molecule has 0 atom stereocenters. The van der Waals surface area contributed by atoms with Gasteiger partial charge in [0.05, 0.1) is 9.79 Å². The Hall–Kier alpha value is -2.09. The highest BCUT2D eigenvalue weighted by Gasteiger charge is 2.31. The molecule has 0 bridgehead atoms. The number of ether oxygens (including phenoxy) is 1. The second-order valence-electron chi connectivity index (χ2n) is 11.0. The number of sulfone groups is 1. The number of rotatable bonds is 5. The summed E-state index contributed by atoms with van der Waals surface area (Å²) in [5, 5.41) is 0.410. The maximum atomic E-state index is 12.9. The number of hydrogen-bond acceptors (Lipinski definition) is 5. The van der Waals surface area contributed by atoms with Crippen LogP contribution < -0.4 is 0 Å². The van der Waals surface area contributed by atoms with E-state index in [1.54, 1.807) is 30.3 Å². The van der Waals surface area contributed by atoms with E-state index < -0.39 is 15.4 Å². The molecule has 2 fully saturated rings. The van der Waals surface area contributed by atoms with Crippen molar-refractivity contribution >= 4 is 27.5 Å². The van der Waals surface area contributed by atoms with Gasteiger partial charge in [-0.15, -0.1) is 0 Å². The standard InChI is InChI=1S/C28H37ClN2O4S/c1-28(2,3)35-27(32)31-17-13-24(14-18-31)30-15-11-22(12-16-30)19-21-7-9-25(10-8-21)36(33,34)26-6-4-5-23(29)20-26/h4-10,20,22,24H,11-19H2,1-3H3/i17+2,18+2. The van der Waals surface area contributed by atoms with Crippen molar-refractivity contribution in [2.24, 2.45) is 5.92 Å². The fourth-order valence-corrected chi connectivity index (χ4v) is 6.73. The molecule has 0 spiro atoms. The number of carbonyl (C=O) groups is 1. The molecule has 0 unspecified atom stereocenters. The molecule has 2 aromatic rings. The molecule has 2 saturated heterocycles. The number of benzene rings is 2. The van der Waals surface area contributed by atoms with E-state index in [0.29, 0.717) is 21.9 Å². The van der Waals surface area contributed by atoms with Crippen molar-refractivity contribution < 1.29 is 17.9 Å². The molecule has 2 aromatic carbocycles. The molecule has 0 radical (unpaired) electrons. The normalized spacial score (nSPS) is 18.8. The Labute approximate surface area is 220 Å². The van der Waals surface area contributed by atoms with Gasteiger partial charge >= 0.3 is 6.09 Å². The molecule has 36 heavy (non-hydrogen) atoms. The zero-order chi connectivity index (χ0) is 25.9. The Balaban J connectivity index is 1.25. The van der Waals surface area contributed by atoms with Crippen LogP contribution in [0.1, 0.15) is 52.0 Å². The van der Waals surface area contributed by atoms with Crippen LogP contribution in [0.25, 0.3) is 0 Å². The zero-order valence-corrected chi connectivity index (χ0v) is 23.0. The monoisotopic (exact) mass is 536 g/mol. The van der Waals surface area contributed by atoms with Gasteiger partial charge in [0, 0.05) is 24.2 Å². The van der Waals surface area contributed by atoms with Crippen LogP contribution in [0.15, 0.2) is 58.3 Å². The molecule has 0 aliphatic carbocycles. The van der Waals surface area contributed by atoms with Gasteiger partial charge < -0.3 is 14.5 Å². The smallest absolute Gasteiger partial charge is 0.410 e. The number of halogens is 1. The third-order valence-electron chi connectivity index (χ3n) is 7.15. The number of hydrogen-bond donors (Lipinski definition) is 0. The van der Waals surface area contributed by atoms with Gasteiger partial charge in [-0.05, 0) is 108 Å². The quantitative estimate of drug-likeness (QED) is 0.481. The predicted octanol–water partition coefficient (Wildman–Crippen LogP) is 5.83. The molecule has 0 N–H and O–H groups in total. The molecule has 2 aliphatic heterocycles. The van der Waals surface area contributed by atoms with Crippen LogP contribution in [-0.4, -0.2) is 62.1 Å². The predicted molar refractivity (Wildman–Crippen MR) is 142 cm³/mol. The van der Waals surface area contributed by atoms with E-state index in [-0.39, 0.29) is 11.0 Å². The fraction of sp³-hybridized carbons (Fsp3) is 0.536. The Kier molecular flexibility index (Phi) is 8.32. The lowest BCUT2D eigenvalue weighted by atomic mass is 9.89. The van der Waals surface area contributed by atoms with E-state index in [1.807, 2.05) is 37.8 Å². The highest BCUT2D eigenvalue weighted by Crippen LogP contribution is 2.28. The molecule has 4 rings (SSSR count). The van der Waals surface area contributed by atoms with Gasteiger partial charge in [0.1, 0.15) is 5.60 Å². The van der Waals surface area contributed by atoms with Crippen LogP contribution in [0, 0.1) is 5.92 Å². The highest BCUT2D eigenvalue weighted by atomic mass is 35.5. The number of nitrogens with zero attached hydrogens (tertiary/aromatic N) is 2. The summed E-state index contributed by atoms with van der Waals surface area (Å²) in [5.41, 5.74) is 0.713. The van der Waals surface area contributed by atoms with Crippen molar-refractivity contribution in [3.63, 3.8) is 0 Å². The molecule has 196 valence electrons. The average molecular weight is 537 g/mol. The molecule has 6 nitrogen and oxygen atoms in total. The molecular formula is C28H37ClN2O4S. The first-order valence-electron chi connectivity index (χ1n) is 12.8. The van der Waals surface area contributed by atoms with Crippen LogP contribution >= 0.6 is 11.6 Å². The molecule has 1 amide bonds. The van der Waals surface area contributed by atoms with Gasteiger partial charge in [-0.2, -0.15) is 0 Å². The van der Waals surface area contributed by atoms with Crippen molar-refractivity contribution in [2.45, 2.75) is 74.3 Å². The zero-order valence-electron chi connectivity index (χ0n) is 21.5. The van der Waals surface area contributed by atoms with Crippen LogP contribution in [0.4, 0.5) is 4.79 Å². The summed E-state index contributed by atoms with van der Waals surface area (Å²) in [6, 6.07) is 14.2. The minimum Gasteiger partial charge on any atom is -0.444 e. The van der Waals surface area contributed by atoms with Gasteiger partial charge in [0.25, 0.3) is 0 Å². The van der Waals surface area contributed by atoms with Crippen molar-refractivity contribution in [1.29, 1.82) is 0 Å². The highest BCUT2D eigenvalue weighted by molar-refractivity contribution is 7.91. The lowest BCUT2D eigenvalue weighted by Crippen LogP contribution is -2.49. The Morgan fingerprint density at radius 3 is 2.25 bits per heavy atom. The average Bonchev–Trinajstić information content (AvgIpc) is 2.84. The number of piperidine rings is 2. The second kappa shape index (κ2) is 11.1. The lowest BCUT2D eigenvalue weighted by molar-refractivity contribution is 0.0119. The van der Waals surface area contributed by atoms with E-state index in [2.05, 4.69) is 4.90 Å². The summed E-state index contributed by atoms with van der Waals surface area (Å²) in [6.07, 6.45) is 5.01. The van der Waals surface area contributed by atoms with E-state index in [0.717, 1.165) is 58.3 Å². The summed E-state index contributed by atoms with van der Waals surface area (Å²) in [7, 11) is -3.57. The van der Waals surface area contributed by atoms with E-state index in [1.165, 1.54) is 11.6 Å². The van der Waals surface area contributed by atoms with Crippen LogP contribution in [0.5, 0.6) is 0 Å². The van der Waals surface area contributed by atoms with Crippen molar-refractivity contribution in [1.82, 2.24) is 9.80 Å². The number of likely N-dealkylation sites (tertiary alicyclic amines) is 2. The maximum Gasteiger partial charge on any atom is 0.410 e. The second-order valence-corrected chi connectivity index (χ2v) is 13.4. The van der Waals surface area contributed by atoms with E-state index >= 15 is 0 Å². The maximum absolute atomic E-state index is 12.9. The number of amides is 1. The first kappa shape index (κ1) is 27.0. The van der Waals surface area contributed by atoms with Gasteiger partial charge in [-0.25, -0.2) is 13.2 Å². The third kappa shape index (κ3) is 6.81. The van der Waals surface area contributed by atoms with E-state index in [9.17, 15) is 13.2 Å². The van der Waals surface area contributed by atoms with Crippen LogP contribution in [-0.2, 0) is 21.0 Å². The van der Waals surface area contributed by atoms with Crippen LogP contribution in [0.2, 0.25) is 5.02 Å². The first-order chi connectivity index (χ1) is 17.0. The van der Waals surface area contributed by atoms with Gasteiger partial charge in [-0.1, -0.05) is 29.8 Å². The van der Waals surface area contributed by atoms with Gasteiger partial charge in [-0.3, -0.25) is 0 Å². The summed E-state index contributed by atoms with van der Waals surface area (Å²) < 4.78 is 31.3. The summed E-state index contributed by atoms with van der Waals surface area (Å²) in [5.74, 6) is 0.596. The van der Waals surface area contributed by atoms with Gasteiger partial charge in [0.15, 0.2) is 0 Å². The Bertz CT molecular complexity index is 1140. The lowest BCUT2D eigenvalue weighted by Gasteiger charge is -2.42. The summed E-state index contributed by atoms with van der Waals surface area (Å²) in [6.45, 7) is 9.36. The largest absolute Gasteiger partial charge is 0.444 e. The molecule has 2 heterocycles. The molecule has 2 aliphatic rings. The SMILES string of the molecule is CC(C)(C)OC(=O)N1[14CH2]CC(N2CCC(Cc3ccc(S(=O)(=O)c4cccc(Cl)c4)cc3)CC2)C[14CH2]1. The topological polar surface area (TPSA) is 66.9 Å². The van der Waals surface area contributed by atoms with Crippen molar-refractivity contribution in [3.8, 4) is 0 Å². The number of carbonyl (C=O) groups excluding carboxylic acids is 1. The van der Waals surface area contributed by atoms with Crippen LogP contribution in [0.3, 0.4) is 0 Å². The minimum atomic E-state index is -3.57. The van der Waals surface area contributed by atoms with Gasteiger partial charge in [0.2, 0.25) is 9.84 Å². The van der Waals surface area contributed by atoms with Crippen molar-refractivity contribution in [2.75, 3.05) is 26.2 Å². The summed E-state index contributed by atoms with van der Waals surface area (Å²) in [4.78, 5) is 17.3. The molecule has 0 saturated carbocycles. The molecule has 8 heteroatoms. The van der Waals surface area contributed by atoms with E-state index in [4.69, 9.17) is 16.3 Å². The van der Waals surface area contributed by atoms with Crippen molar-refractivity contribution in [3.05, 3.63) is 59.1 Å². The fourth-order valence-electron chi connectivity index (χ4n) is 5.17. The first-order valence-corrected chi connectivity index (χ1v) is 14.7. The summed E-state index contributed by atoms with van der Waals surface area (Å²) >= 11 is 5.98. The molecular weight excluding hydrogens is 500 g/mol. The Morgan fingerprint density at radius 1 is 1.03 bits per heavy atom. The Morgan fingerprint density at radius 2 is 1.67 bits per heavy atom.